The minimum Gasteiger partial charge on any atom is -0.541 e. The quantitative estimate of drug-likeness (QED) is 0.368. The predicted molar refractivity (Wildman–Crippen MR) is 16.4 cm³/mol. The summed E-state index contributed by atoms with van der Waals surface area (Å²) in [7, 11) is 0. The van der Waals surface area contributed by atoms with Gasteiger partial charge in [0, 0.05) is 0 Å². The van der Waals surface area contributed by atoms with Crippen molar-refractivity contribution in [2.45, 2.75) is 0 Å². The number of carbonyl (C=O) groups excluding carboxylic acids is 1. The molecule has 0 aliphatic rings. The summed E-state index contributed by atoms with van der Waals surface area (Å²) in [6, 6.07) is 0. The molecule has 0 radical (unpaired) electrons. The SMILES string of the molecule is O=[C-]CCl.[Cr+2]. The number of alkyl halides is 1. The van der Waals surface area contributed by atoms with E-state index in [4.69, 9.17) is 16.4 Å². The van der Waals surface area contributed by atoms with Crippen LogP contribution < -0.4 is 0 Å². The third-order valence-corrected chi connectivity index (χ3v) is 0.164. The summed E-state index contributed by atoms with van der Waals surface area (Å²) in [4.78, 5) is 8.92. The van der Waals surface area contributed by atoms with Crippen molar-refractivity contribution >= 4 is 17.9 Å². The molecule has 0 saturated carbocycles. The van der Waals surface area contributed by atoms with Crippen molar-refractivity contribution in [1.29, 1.82) is 0 Å². The molecule has 0 spiro atoms. The zero-order chi connectivity index (χ0) is 3.41. The monoisotopic (exact) mass is 129 g/mol. The Morgan fingerprint density at radius 1 is 1.80 bits per heavy atom. The molecule has 0 unspecified atom stereocenters. The van der Waals surface area contributed by atoms with E-state index >= 15 is 0 Å². The van der Waals surface area contributed by atoms with Crippen molar-refractivity contribution in [3.63, 3.8) is 0 Å². The van der Waals surface area contributed by atoms with Crippen LogP contribution in [0.15, 0.2) is 0 Å². The molecule has 0 bridgehead atoms. The van der Waals surface area contributed by atoms with Crippen LogP contribution in [0.3, 0.4) is 0 Å². The number of hydrogen-bond acceptors (Lipinski definition) is 1. The van der Waals surface area contributed by atoms with Crippen LogP contribution in [0.2, 0.25) is 0 Å². The van der Waals surface area contributed by atoms with Gasteiger partial charge in [-0.3, -0.25) is 0 Å². The standard InChI is InChI=1S/C2H2ClO.Cr/c3-1-2-4;/h1H2;/q-1;+2. The summed E-state index contributed by atoms with van der Waals surface area (Å²) in [6.45, 7) is 0. The van der Waals surface area contributed by atoms with Gasteiger partial charge in [-0.05, 0) is 0 Å². The van der Waals surface area contributed by atoms with Crippen LogP contribution in [-0.2, 0) is 22.2 Å². The molecule has 0 fully saturated rings. The van der Waals surface area contributed by atoms with Gasteiger partial charge >= 0.3 is 17.4 Å². The van der Waals surface area contributed by atoms with Gasteiger partial charge in [0.25, 0.3) is 0 Å². The van der Waals surface area contributed by atoms with E-state index in [0.717, 1.165) is 0 Å². The molecular weight excluding hydrogens is 127 g/mol. The molecule has 0 aliphatic carbocycles. The molecule has 5 heavy (non-hydrogen) atoms. The first-order valence-corrected chi connectivity index (χ1v) is 1.36. The van der Waals surface area contributed by atoms with Gasteiger partial charge in [-0.25, -0.2) is 6.29 Å². The molecule has 0 heterocycles. The van der Waals surface area contributed by atoms with Crippen LogP contribution in [0.25, 0.3) is 0 Å². The van der Waals surface area contributed by atoms with Gasteiger partial charge in [0.2, 0.25) is 0 Å². The van der Waals surface area contributed by atoms with E-state index in [2.05, 4.69) is 0 Å². The van der Waals surface area contributed by atoms with E-state index in [-0.39, 0.29) is 23.2 Å². The molecule has 0 aromatic carbocycles. The van der Waals surface area contributed by atoms with E-state index in [1.54, 1.807) is 0 Å². The molecule has 28 valence electrons. The molecule has 0 aliphatic heterocycles. The van der Waals surface area contributed by atoms with Gasteiger partial charge in [0.1, 0.15) is 0 Å². The first-order valence-electron chi connectivity index (χ1n) is 0.825. The van der Waals surface area contributed by atoms with E-state index < -0.39 is 0 Å². The van der Waals surface area contributed by atoms with Crippen LogP contribution in [0.1, 0.15) is 0 Å². The molecule has 0 N–H and O–H groups in total. The predicted octanol–water partition coefficient (Wildman–Crippen LogP) is 0.332. The van der Waals surface area contributed by atoms with Gasteiger partial charge in [-0.1, -0.05) is 5.88 Å². The van der Waals surface area contributed by atoms with Crippen molar-refractivity contribution in [1.82, 2.24) is 0 Å². The summed E-state index contributed by atoms with van der Waals surface area (Å²) < 4.78 is 0. The Hall–Kier alpha value is 0.492. The number of hydrogen-bond donors (Lipinski definition) is 0. The third-order valence-electron chi connectivity index (χ3n) is 0.0546. The maximum Gasteiger partial charge on any atom is 2.00 e. The fourth-order valence-electron chi connectivity index (χ4n) is 0. The summed E-state index contributed by atoms with van der Waals surface area (Å²) in [5.74, 6) is -0.0139. The fraction of sp³-hybridized carbons (Fsp3) is 0.500. The topological polar surface area (TPSA) is 17.1 Å². The first kappa shape index (κ1) is 9.09. The maximum absolute atomic E-state index is 8.92. The van der Waals surface area contributed by atoms with Crippen molar-refractivity contribution in [2.75, 3.05) is 5.88 Å². The second-order valence-corrected chi connectivity index (χ2v) is 0.545. The van der Waals surface area contributed by atoms with Gasteiger partial charge in [0.05, 0.1) is 0 Å². The van der Waals surface area contributed by atoms with Crippen molar-refractivity contribution in [3.8, 4) is 0 Å². The Morgan fingerprint density at radius 2 is 2.00 bits per heavy atom. The van der Waals surface area contributed by atoms with E-state index in [9.17, 15) is 0 Å². The van der Waals surface area contributed by atoms with Crippen LogP contribution in [0.5, 0.6) is 0 Å². The smallest absolute Gasteiger partial charge is 0.541 e. The van der Waals surface area contributed by atoms with Crippen molar-refractivity contribution < 1.29 is 22.2 Å². The van der Waals surface area contributed by atoms with Gasteiger partial charge < -0.3 is 4.79 Å². The Balaban J connectivity index is 0. The second kappa shape index (κ2) is 8.82. The molecule has 1 nitrogen and oxygen atoms in total. The summed E-state index contributed by atoms with van der Waals surface area (Å²) >= 11 is 4.76. The van der Waals surface area contributed by atoms with Crippen molar-refractivity contribution in [3.05, 3.63) is 0 Å². The Labute approximate surface area is 46.4 Å². The Kier molecular flexibility index (Phi) is 16.0. The molecule has 0 amide bonds. The van der Waals surface area contributed by atoms with Crippen molar-refractivity contribution in [2.24, 2.45) is 0 Å². The average Bonchev–Trinajstić information content (AvgIpc) is 1.37. The minimum absolute atomic E-state index is 0. The molecule has 0 atom stereocenters. The van der Waals surface area contributed by atoms with Crippen LogP contribution in [0.4, 0.5) is 0 Å². The van der Waals surface area contributed by atoms with Gasteiger partial charge in [-0.2, -0.15) is 11.6 Å². The van der Waals surface area contributed by atoms with Crippen LogP contribution in [0, 0.1) is 0 Å². The summed E-state index contributed by atoms with van der Waals surface area (Å²) in [6.07, 6.45) is 1.45. The Morgan fingerprint density at radius 3 is 2.00 bits per heavy atom. The van der Waals surface area contributed by atoms with Gasteiger partial charge in [-0.15, -0.1) is 0 Å². The normalized spacial score (nSPS) is 5.00. The van der Waals surface area contributed by atoms with E-state index in [0.29, 0.717) is 0 Å². The molecule has 0 rings (SSSR count). The maximum atomic E-state index is 8.92. The fourth-order valence-corrected chi connectivity index (χ4v) is 0. The minimum atomic E-state index is -0.0139. The first-order chi connectivity index (χ1) is 1.91. The number of rotatable bonds is 1. The Bertz CT molecular complexity index is 23.6. The molecular formula is C2H2ClCrO+. The van der Waals surface area contributed by atoms with Crippen LogP contribution in [-0.4, -0.2) is 12.2 Å². The molecule has 0 aromatic heterocycles. The zero-order valence-electron chi connectivity index (χ0n) is 2.40. The second-order valence-electron chi connectivity index (χ2n) is 0.278. The van der Waals surface area contributed by atoms with Crippen LogP contribution >= 0.6 is 11.6 Å². The van der Waals surface area contributed by atoms with Gasteiger partial charge in [0.15, 0.2) is 0 Å². The summed E-state index contributed by atoms with van der Waals surface area (Å²) in [5, 5.41) is 0. The molecule has 0 saturated heterocycles. The third kappa shape index (κ3) is 12.5. The number of halogens is 1. The average molecular weight is 129 g/mol. The zero-order valence-corrected chi connectivity index (χ0v) is 4.43. The summed E-state index contributed by atoms with van der Waals surface area (Å²) in [5.41, 5.74) is 0. The molecule has 0 aromatic rings. The largest absolute Gasteiger partial charge is 2.00 e. The van der Waals surface area contributed by atoms with E-state index in [1.807, 2.05) is 0 Å². The molecule has 3 heteroatoms. The van der Waals surface area contributed by atoms with E-state index in [1.165, 1.54) is 6.29 Å².